The maximum atomic E-state index is 12.2. The summed E-state index contributed by atoms with van der Waals surface area (Å²) >= 11 is 0. The molecule has 0 aliphatic heterocycles. The third-order valence-corrected chi connectivity index (χ3v) is 4.00. The molecule has 0 fully saturated rings. The SMILES string of the molecule is COc1cccc(CC(=O)O[C@@H](C)C(=O)Nc2ccc(C(C)C)cc2)c1. The van der Waals surface area contributed by atoms with Crippen molar-refractivity contribution in [1.29, 1.82) is 0 Å². The molecule has 1 amide bonds. The Labute approximate surface area is 154 Å². The molecule has 2 rings (SSSR count). The van der Waals surface area contributed by atoms with Crippen LogP contribution in [-0.2, 0) is 20.7 Å². The largest absolute Gasteiger partial charge is 0.497 e. The van der Waals surface area contributed by atoms with Gasteiger partial charge in [0.25, 0.3) is 5.91 Å². The lowest BCUT2D eigenvalue weighted by Crippen LogP contribution is -2.30. The highest BCUT2D eigenvalue weighted by Crippen LogP contribution is 2.17. The molecule has 0 saturated heterocycles. The Morgan fingerprint density at radius 3 is 2.35 bits per heavy atom. The highest BCUT2D eigenvalue weighted by atomic mass is 16.5. The number of hydrogen-bond donors (Lipinski definition) is 1. The van der Waals surface area contributed by atoms with Crippen molar-refractivity contribution in [1.82, 2.24) is 0 Å². The average Bonchev–Trinajstić information content (AvgIpc) is 2.62. The number of rotatable bonds is 7. The minimum Gasteiger partial charge on any atom is -0.497 e. The van der Waals surface area contributed by atoms with Crippen LogP contribution in [0.25, 0.3) is 0 Å². The second-order valence-electron chi connectivity index (χ2n) is 6.43. The fourth-order valence-corrected chi connectivity index (χ4v) is 2.44. The first-order chi connectivity index (χ1) is 12.4. The Balaban J connectivity index is 1.88. The van der Waals surface area contributed by atoms with E-state index in [0.29, 0.717) is 17.4 Å². The molecule has 2 aromatic carbocycles. The molecule has 5 nitrogen and oxygen atoms in total. The molecule has 0 unspecified atom stereocenters. The molecule has 2 aromatic rings. The number of carbonyl (C=O) groups excluding carboxylic acids is 2. The summed E-state index contributed by atoms with van der Waals surface area (Å²) < 4.78 is 10.4. The van der Waals surface area contributed by atoms with E-state index in [2.05, 4.69) is 19.2 Å². The number of carbonyl (C=O) groups is 2. The zero-order valence-electron chi connectivity index (χ0n) is 15.6. The van der Waals surface area contributed by atoms with E-state index in [1.807, 2.05) is 30.3 Å². The summed E-state index contributed by atoms with van der Waals surface area (Å²) in [6.07, 6.45) is -0.796. The topological polar surface area (TPSA) is 64.6 Å². The smallest absolute Gasteiger partial charge is 0.311 e. The average molecular weight is 355 g/mol. The van der Waals surface area contributed by atoms with Crippen LogP contribution in [0.1, 0.15) is 37.8 Å². The van der Waals surface area contributed by atoms with Gasteiger partial charge in [-0.25, -0.2) is 0 Å². The van der Waals surface area contributed by atoms with Crippen LogP contribution in [0.15, 0.2) is 48.5 Å². The molecule has 0 spiro atoms. The second kappa shape index (κ2) is 9.04. The fraction of sp³-hybridized carbons (Fsp3) is 0.333. The number of nitrogens with one attached hydrogen (secondary N) is 1. The summed E-state index contributed by atoms with van der Waals surface area (Å²) in [5.41, 5.74) is 2.64. The Kier molecular flexibility index (Phi) is 6.78. The van der Waals surface area contributed by atoms with Gasteiger partial charge in [-0.15, -0.1) is 0 Å². The van der Waals surface area contributed by atoms with Crippen molar-refractivity contribution in [2.75, 3.05) is 12.4 Å². The summed E-state index contributed by atoms with van der Waals surface area (Å²) in [7, 11) is 1.57. The molecule has 5 heteroatoms. The zero-order valence-corrected chi connectivity index (χ0v) is 15.6. The van der Waals surface area contributed by atoms with Crippen molar-refractivity contribution < 1.29 is 19.1 Å². The standard InChI is InChI=1S/C21H25NO4/c1-14(2)17-8-10-18(11-9-17)22-21(24)15(3)26-20(23)13-16-6-5-7-19(12-16)25-4/h5-12,14-15H,13H2,1-4H3,(H,22,24)/t15-/m0/s1. The monoisotopic (exact) mass is 355 g/mol. The molecule has 0 bridgehead atoms. The third-order valence-electron chi connectivity index (χ3n) is 4.00. The van der Waals surface area contributed by atoms with Gasteiger partial charge in [0.05, 0.1) is 13.5 Å². The van der Waals surface area contributed by atoms with Gasteiger partial charge in [-0.1, -0.05) is 38.1 Å². The Morgan fingerprint density at radius 2 is 1.73 bits per heavy atom. The van der Waals surface area contributed by atoms with Crippen LogP contribution in [-0.4, -0.2) is 25.1 Å². The van der Waals surface area contributed by atoms with Crippen LogP contribution in [0.4, 0.5) is 5.69 Å². The van der Waals surface area contributed by atoms with Crippen molar-refractivity contribution >= 4 is 17.6 Å². The molecule has 0 heterocycles. The van der Waals surface area contributed by atoms with E-state index in [1.165, 1.54) is 5.56 Å². The van der Waals surface area contributed by atoms with E-state index >= 15 is 0 Å². The lowest BCUT2D eigenvalue weighted by molar-refractivity contribution is -0.152. The summed E-state index contributed by atoms with van der Waals surface area (Å²) in [6.45, 7) is 5.77. The van der Waals surface area contributed by atoms with Gasteiger partial charge in [-0.05, 0) is 48.2 Å². The lowest BCUT2D eigenvalue weighted by atomic mass is 10.0. The van der Waals surface area contributed by atoms with E-state index in [9.17, 15) is 9.59 Å². The van der Waals surface area contributed by atoms with Gasteiger partial charge in [0.2, 0.25) is 0 Å². The summed E-state index contributed by atoms with van der Waals surface area (Å²) in [5.74, 6) is 0.277. The van der Waals surface area contributed by atoms with Gasteiger partial charge in [-0.2, -0.15) is 0 Å². The first-order valence-corrected chi connectivity index (χ1v) is 8.62. The summed E-state index contributed by atoms with van der Waals surface area (Å²) in [4.78, 5) is 24.3. The highest BCUT2D eigenvalue weighted by molar-refractivity contribution is 5.95. The highest BCUT2D eigenvalue weighted by Gasteiger charge is 2.18. The third kappa shape index (κ3) is 5.62. The quantitative estimate of drug-likeness (QED) is 0.764. The number of methoxy groups -OCH3 is 1. The van der Waals surface area contributed by atoms with Crippen LogP contribution in [0.5, 0.6) is 5.75 Å². The second-order valence-corrected chi connectivity index (χ2v) is 6.43. The molecule has 26 heavy (non-hydrogen) atoms. The fourth-order valence-electron chi connectivity index (χ4n) is 2.44. The predicted octanol–water partition coefficient (Wildman–Crippen LogP) is 3.93. The van der Waals surface area contributed by atoms with Crippen molar-refractivity contribution in [3.8, 4) is 5.75 Å². The number of anilines is 1. The van der Waals surface area contributed by atoms with Crippen molar-refractivity contribution in [3.63, 3.8) is 0 Å². The van der Waals surface area contributed by atoms with Crippen LogP contribution in [0.3, 0.4) is 0 Å². The Morgan fingerprint density at radius 1 is 1.04 bits per heavy atom. The molecule has 1 atom stereocenters. The minimum atomic E-state index is -0.877. The zero-order chi connectivity index (χ0) is 19.1. The van der Waals surface area contributed by atoms with Crippen LogP contribution >= 0.6 is 0 Å². The molecule has 0 saturated carbocycles. The molecular weight excluding hydrogens is 330 g/mol. The lowest BCUT2D eigenvalue weighted by Gasteiger charge is -2.14. The predicted molar refractivity (Wildman–Crippen MR) is 101 cm³/mol. The molecule has 138 valence electrons. The molecule has 0 aliphatic carbocycles. The van der Waals surface area contributed by atoms with Gasteiger partial charge < -0.3 is 14.8 Å². The van der Waals surface area contributed by atoms with Crippen molar-refractivity contribution in [3.05, 3.63) is 59.7 Å². The van der Waals surface area contributed by atoms with E-state index in [4.69, 9.17) is 9.47 Å². The summed E-state index contributed by atoms with van der Waals surface area (Å²) in [6, 6.07) is 14.8. The van der Waals surface area contributed by atoms with Crippen LogP contribution in [0.2, 0.25) is 0 Å². The maximum Gasteiger partial charge on any atom is 0.311 e. The molecule has 0 aliphatic rings. The molecule has 0 aromatic heterocycles. The van der Waals surface area contributed by atoms with E-state index in [1.54, 1.807) is 32.2 Å². The molecule has 0 radical (unpaired) electrons. The van der Waals surface area contributed by atoms with Gasteiger partial charge in [0.1, 0.15) is 5.75 Å². The number of amides is 1. The first kappa shape index (κ1) is 19.5. The van der Waals surface area contributed by atoms with Crippen LogP contribution in [0, 0.1) is 0 Å². The van der Waals surface area contributed by atoms with E-state index < -0.39 is 12.1 Å². The Hall–Kier alpha value is -2.82. The molecular formula is C21H25NO4. The number of hydrogen-bond acceptors (Lipinski definition) is 4. The van der Waals surface area contributed by atoms with Crippen molar-refractivity contribution in [2.24, 2.45) is 0 Å². The maximum absolute atomic E-state index is 12.2. The Bertz CT molecular complexity index is 753. The number of esters is 1. The first-order valence-electron chi connectivity index (χ1n) is 8.62. The van der Waals surface area contributed by atoms with Crippen LogP contribution < -0.4 is 10.1 Å². The van der Waals surface area contributed by atoms with Gasteiger partial charge >= 0.3 is 5.97 Å². The van der Waals surface area contributed by atoms with Gasteiger partial charge in [-0.3, -0.25) is 9.59 Å². The molecule has 1 N–H and O–H groups in total. The van der Waals surface area contributed by atoms with E-state index in [-0.39, 0.29) is 12.3 Å². The normalized spacial score (nSPS) is 11.7. The summed E-state index contributed by atoms with van der Waals surface area (Å²) in [5, 5.41) is 2.76. The van der Waals surface area contributed by atoms with Gasteiger partial charge in [0.15, 0.2) is 6.10 Å². The number of ether oxygens (including phenoxy) is 2. The van der Waals surface area contributed by atoms with Gasteiger partial charge in [0, 0.05) is 5.69 Å². The van der Waals surface area contributed by atoms with E-state index in [0.717, 1.165) is 5.56 Å². The number of benzene rings is 2. The minimum absolute atomic E-state index is 0.0813. The van der Waals surface area contributed by atoms with Crippen molar-refractivity contribution in [2.45, 2.75) is 39.2 Å².